The van der Waals surface area contributed by atoms with Crippen LogP contribution in [0.1, 0.15) is 5.56 Å². The molecule has 19 heavy (non-hydrogen) atoms. The summed E-state index contributed by atoms with van der Waals surface area (Å²) in [5.74, 6) is 0.166. The Balaban J connectivity index is 2.25. The van der Waals surface area contributed by atoms with Gasteiger partial charge in [0.1, 0.15) is 23.0 Å². The zero-order valence-corrected chi connectivity index (χ0v) is 10.0. The van der Waals surface area contributed by atoms with Crippen molar-refractivity contribution in [2.45, 2.75) is 6.61 Å². The maximum absolute atomic E-state index is 12.9. The molecule has 3 N–H and O–H groups in total. The predicted octanol–water partition coefficient (Wildman–Crippen LogP) is 2.21. The van der Waals surface area contributed by atoms with Crippen LogP contribution in [0.2, 0.25) is 0 Å². The van der Waals surface area contributed by atoms with E-state index >= 15 is 0 Å². The van der Waals surface area contributed by atoms with Crippen LogP contribution in [-0.4, -0.2) is 14.5 Å². The van der Waals surface area contributed by atoms with E-state index in [1.807, 2.05) is 0 Å². The lowest BCUT2D eigenvalue weighted by Gasteiger charge is -2.00. The number of hydrogen-bond acceptors (Lipinski definition) is 3. The van der Waals surface area contributed by atoms with Crippen molar-refractivity contribution in [3.05, 3.63) is 54.0 Å². The van der Waals surface area contributed by atoms with Crippen molar-refractivity contribution in [3.8, 4) is 11.3 Å². The van der Waals surface area contributed by atoms with E-state index in [9.17, 15) is 9.50 Å². The fourth-order valence-electron chi connectivity index (χ4n) is 2.09. The molecule has 1 aromatic carbocycles. The fraction of sp³-hybridized carbons (Fsp3) is 0.0714. The third-order valence-electron chi connectivity index (χ3n) is 3.06. The third-order valence-corrected chi connectivity index (χ3v) is 3.06. The number of rotatable bonds is 2. The van der Waals surface area contributed by atoms with Crippen LogP contribution in [0.25, 0.3) is 16.9 Å². The molecule has 0 aliphatic heterocycles. The lowest BCUT2D eigenvalue weighted by molar-refractivity contribution is 0.282. The van der Waals surface area contributed by atoms with Crippen molar-refractivity contribution in [2.24, 2.45) is 0 Å². The first kappa shape index (κ1) is 11.7. The average Bonchev–Trinajstić information content (AvgIpc) is 2.77. The summed E-state index contributed by atoms with van der Waals surface area (Å²) in [6.07, 6.45) is 1.78. The highest BCUT2D eigenvalue weighted by Gasteiger charge is 2.13. The monoisotopic (exact) mass is 257 g/mol. The smallest absolute Gasteiger partial charge is 0.144 e. The number of halogens is 1. The summed E-state index contributed by atoms with van der Waals surface area (Å²) in [4.78, 5) is 4.44. The summed E-state index contributed by atoms with van der Waals surface area (Å²) in [6, 6.07) is 9.58. The molecule has 3 aromatic rings. The minimum Gasteiger partial charge on any atom is -0.392 e. The molecule has 0 saturated carbocycles. The van der Waals surface area contributed by atoms with Gasteiger partial charge in [0.25, 0.3) is 0 Å². The van der Waals surface area contributed by atoms with E-state index < -0.39 is 0 Å². The summed E-state index contributed by atoms with van der Waals surface area (Å²) < 4.78 is 14.6. The molecule has 0 spiro atoms. The van der Waals surface area contributed by atoms with Crippen molar-refractivity contribution in [1.29, 1.82) is 0 Å². The second kappa shape index (κ2) is 4.37. The molecule has 3 rings (SSSR count). The maximum atomic E-state index is 12.9. The molecule has 0 fully saturated rings. The largest absolute Gasteiger partial charge is 0.392 e. The third kappa shape index (κ3) is 1.84. The van der Waals surface area contributed by atoms with Gasteiger partial charge in [-0.05, 0) is 30.3 Å². The van der Waals surface area contributed by atoms with Crippen molar-refractivity contribution in [3.63, 3.8) is 0 Å². The molecular weight excluding hydrogens is 245 g/mol. The number of imidazole rings is 1. The van der Waals surface area contributed by atoms with Crippen LogP contribution in [0, 0.1) is 5.82 Å². The van der Waals surface area contributed by atoms with E-state index in [1.54, 1.807) is 34.9 Å². The Labute approximate surface area is 108 Å². The highest BCUT2D eigenvalue weighted by molar-refractivity contribution is 5.75. The summed E-state index contributed by atoms with van der Waals surface area (Å²) >= 11 is 0. The molecule has 4 nitrogen and oxygen atoms in total. The summed E-state index contributed by atoms with van der Waals surface area (Å²) in [5, 5.41) is 9.30. The number of nitrogens with two attached hydrogens (primary N) is 1. The van der Waals surface area contributed by atoms with Crippen molar-refractivity contribution >= 4 is 11.5 Å². The van der Waals surface area contributed by atoms with Crippen LogP contribution < -0.4 is 5.73 Å². The Morgan fingerprint density at radius 1 is 1.21 bits per heavy atom. The Kier molecular flexibility index (Phi) is 2.68. The van der Waals surface area contributed by atoms with E-state index in [1.165, 1.54) is 12.1 Å². The van der Waals surface area contributed by atoms with Crippen LogP contribution in [0.3, 0.4) is 0 Å². The van der Waals surface area contributed by atoms with E-state index in [0.29, 0.717) is 22.7 Å². The van der Waals surface area contributed by atoms with Gasteiger partial charge in [-0.15, -0.1) is 0 Å². The topological polar surface area (TPSA) is 63.5 Å². The van der Waals surface area contributed by atoms with Crippen LogP contribution in [0.15, 0.2) is 42.6 Å². The number of nitrogens with zero attached hydrogens (tertiary/aromatic N) is 2. The van der Waals surface area contributed by atoms with Gasteiger partial charge in [0.2, 0.25) is 0 Å². The standard InChI is InChI=1S/C14H12FN3O/c15-11-5-3-9(4-6-11)12-13(16)18-7-1-2-10(8-19)14(18)17-12/h1-7,19H,8,16H2. The van der Waals surface area contributed by atoms with Crippen LogP contribution >= 0.6 is 0 Å². The van der Waals surface area contributed by atoms with Gasteiger partial charge in [0.15, 0.2) is 0 Å². The number of nitrogen functional groups attached to an aromatic ring is 1. The molecule has 0 saturated heterocycles. The van der Waals surface area contributed by atoms with Crippen LogP contribution in [-0.2, 0) is 6.61 Å². The van der Waals surface area contributed by atoms with E-state index in [0.717, 1.165) is 5.56 Å². The van der Waals surface area contributed by atoms with E-state index in [-0.39, 0.29) is 12.4 Å². The van der Waals surface area contributed by atoms with E-state index in [4.69, 9.17) is 5.73 Å². The SMILES string of the molecule is Nc1c(-c2ccc(F)cc2)nc2c(CO)cccn12. The van der Waals surface area contributed by atoms with Gasteiger partial charge in [-0.25, -0.2) is 9.37 Å². The normalized spacial score (nSPS) is 11.1. The number of aliphatic hydroxyl groups is 1. The van der Waals surface area contributed by atoms with E-state index in [2.05, 4.69) is 4.98 Å². The fourth-order valence-corrected chi connectivity index (χ4v) is 2.09. The molecule has 0 unspecified atom stereocenters. The zero-order chi connectivity index (χ0) is 13.4. The lowest BCUT2D eigenvalue weighted by atomic mass is 10.1. The van der Waals surface area contributed by atoms with Crippen molar-refractivity contribution < 1.29 is 9.50 Å². The molecule has 0 bridgehead atoms. The van der Waals surface area contributed by atoms with Gasteiger partial charge in [0.05, 0.1) is 6.61 Å². The number of aromatic nitrogens is 2. The number of anilines is 1. The molecular formula is C14H12FN3O. The molecule has 0 atom stereocenters. The number of pyridine rings is 1. The second-order valence-electron chi connectivity index (χ2n) is 4.24. The van der Waals surface area contributed by atoms with Gasteiger partial charge in [-0.3, -0.25) is 4.40 Å². The minimum atomic E-state index is -0.304. The second-order valence-corrected chi connectivity index (χ2v) is 4.24. The summed E-state index contributed by atoms with van der Waals surface area (Å²) in [7, 11) is 0. The minimum absolute atomic E-state index is 0.107. The van der Waals surface area contributed by atoms with Crippen LogP contribution in [0.4, 0.5) is 10.2 Å². The summed E-state index contributed by atoms with van der Waals surface area (Å²) in [6.45, 7) is -0.107. The Hall–Kier alpha value is -2.40. The number of fused-ring (bicyclic) bond motifs is 1. The number of benzene rings is 1. The highest BCUT2D eigenvalue weighted by atomic mass is 19.1. The Morgan fingerprint density at radius 3 is 2.63 bits per heavy atom. The van der Waals surface area contributed by atoms with Crippen molar-refractivity contribution in [1.82, 2.24) is 9.38 Å². The first-order valence-electron chi connectivity index (χ1n) is 5.83. The summed E-state index contributed by atoms with van der Waals surface area (Å²) in [5.41, 5.74) is 8.69. The molecule has 5 heteroatoms. The Bertz CT molecular complexity index is 734. The first-order chi connectivity index (χ1) is 9.20. The van der Waals surface area contributed by atoms with Gasteiger partial charge in [-0.2, -0.15) is 0 Å². The molecule has 2 heterocycles. The molecule has 0 radical (unpaired) electrons. The highest BCUT2D eigenvalue weighted by Crippen LogP contribution is 2.27. The van der Waals surface area contributed by atoms with Crippen LogP contribution in [0.5, 0.6) is 0 Å². The average molecular weight is 257 g/mol. The predicted molar refractivity (Wildman–Crippen MR) is 70.9 cm³/mol. The number of hydrogen-bond donors (Lipinski definition) is 2. The molecule has 0 aliphatic carbocycles. The Morgan fingerprint density at radius 2 is 1.95 bits per heavy atom. The molecule has 96 valence electrons. The van der Waals surface area contributed by atoms with Gasteiger partial charge < -0.3 is 10.8 Å². The molecule has 2 aromatic heterocycles. The zero-order valence-electron chi connectivity index (χ0n) is 10.0. The van der Waals surface area contributed by atoms with Gasteiger partial charge in [0, 0.05) is 17.3 Å². The van der Waals surface area contributed by atoms with Gasteiger partial charge >= 0.3 is 0 Å². The van der Waals surface area contributed by atoms with Gasteiger partial charge in [-0.1, -0.05) is 6.07 Å². The van der Waals surface area contributed by atoms with Crippen molar-refractivity contribution in [2.75, 3.05) is 5.73 Å². The molecule has 0 aliphatic rings. The lowest BCUT2D eigenvalue weighted by Crippen LogP contribution is -1.95. The first-order valence-corrected chi connectivity index (χ1v) is 5.83. The molecule has 0 amide bonds. The quantitative estimate of drug-likeness (QED) is 0.739. The number of aliphatic hydroxyl groups excluding tert-OH is 1. The maximum Gasteiger partial charge on any atom is 0.144 e.